The highest BCUT2D eigenvalue weighted by Crippen LogP contribution is 2.17. The van der Waals surface area contributed by atoms with E-state index in [4.69, 9.17) is 0 Å². The van der Waals surface area contributed by atoms with Crippen LogP contribution < -0.4 is 16.3 Å². The van der Waals surface area contributed by atoms with Crippen molar-refractivity contribution in [1.29, 1.82) is 0 Å². The van der Waals surface area contributed by atoms with E-state index < -0.39 is 25.2 Å². The lowest BCUT2D eigenvalue weighted by atomic mass is 10.2. The lowest BCUT2D eigenvalue weighted by Gasteiger charge is -2.09. The van der Waals surface area contributed by atoms with Gasteiger partial charge in [0, 0.05) is 32.6 Å². The van der Waals surface area contributed by atoms with Crippen LogP contribution in [0.5, 0.6) is 0 Å². The first-order valence-corrected chi connectivity index (χ1v) is 7.62. The molecule has 1 aromatic heterocycles. The van der Waals surface area contributed by atoms with Crippen molar-refractivity contribution in [2.24, 2.45) is 0 Å². The van der Waals surface area contributed by atoms with Crippen LogP contribution in [-0.2, 0) is 19.5 Å². The number of nitrogens with one attached hydrogen (secondary N) is 2. The highest BCUT2D eigenvalue weighted by Gasteiger charge is 2.26. The fraction of sp³-hybridized carbons (Fsp3) is 0.769. The maximum Gasteiger partial charge on any atom is 0.390 e. The zero-order valence-electron chi connectivity index (χ0n) is 12.7. The highest BCUT2D eigenvalue weighted by molar-refractivity contribution is 5.73. The Morgan fingerprint density at radius 2 is 1.96 bits per heavy atom. The van der Waals surface area contributed by atoms with E-state index in [2.05, 4.69) is 15.7 Å². The molecule has 1 aliphatic heterocycles. The van der Waals surface area contributed by atoms with Crippen molar-refractivity contribution in [1.82, 2.24) is 25.0 Å². The number of nitrogens with zero attached hydrogens (tertiary/aromatic N) is 3. The van der Waals surface area contributed by atoms with Crippen molar-refractivity contribution in [3.63, 3.8) is 0 Å². The summed E-state index contributed by atoms with van der Waals surface area (Å²) in [6.07, 6.45) is -2.08. The minimum atomic E-state index is -4.28. The van der Waals surface area contributed by atoms with Gasteiger partial charge >= 0.3 is 17.9 Å². The zero-order chi connectivity index (χ0) is 16.9. The molecule has 2 rings (SSSR count). The second-order valence-corrected chi connectivity index (χ2v) is 5.43. The summed E-state index contributed by atoms with van der Waals surface area (Å²) in [5.41, 5.74) is -0.144. The van der Waals surface area contributed by atoms with E-state index in [1.54, 1.807) is 4.57 Å². The van der Waals surface area contributed by atoms with Gasteiger partial charge in [-0.25, -0.2) is 14.3 Å². The lowest BCUT2D eigenvalue weighted by Crippen LogP contribution is -2.38. The van der Waals surface area contributed by atoms with Crippen LogP contribution >= 0.6 is 0 Å². The summed E-state index contributed by atoms with van der Waals surface area (Å²) in [6, 6.07) is -0.647. The van der Waals surface area contributed by atoms with Gasteiger partial charge in [0.05, 0.1) is 6.42 Å². The van der Waals surface area contributed by atoms with Gasteiger partial charge in [-0.05, 0) is 19.3 Å². The quantitative estimate of drug-likeness (QED) is 0.762. The predicted octanol–water partition coefficient (Wildman–Crippen LogP) is 1.02. The summed E-state index contributed by atoms with van der Waals surface area (Å²) in [5.74, 6) is 0.791. The molecule has 23 heavy (non-hydrogen) atoms. The molecule has 0 unspecified atom stereocenters. The molecule has 0 atom stereocenters. The third kappa shape index (κ3) is 5.29. The Morgan fingerprint density at radius 1 is 1.22 bits per heavy atom. The third-order valence-electron chi connectivity index (χ3n) is 3.56. The fourth-order valence-corrected chi connectivity index (χ4v) is 2.41. The van der Waals surface area contributed by atoms with Gasteiger partial charge in [-0.3, -0.25) is 4.57 Å². The number of hydrogen-bond donors (Lipinski definition) is 2. The topological polar surface area (TPSA) is 81.0 Å². The number of aryl methyl sites for hydroxylation is 2. The maximum absolute atomic E-state index is 12.0. The number of alkyl halides is 3. The van der Waals surface area contributed by atoms with Crippen LogP contribution in [0.25, 0.3) is 0 Å². The van der Waals surface area contributed by atoms with Crippen molar-refractivity contribution >= 4 is 6.03 Å². The smallest absolute Gasteiger partial charge is 0.338 e. The summed E-state index contributed by atoms with van der Waals surface area (Å²) in [7, 11) is 0. The van der Waals surface area contributed by atoms with Crippen LogP contribution in [0.2, 0.25) is 0 Å². The van der Waals surface area contributed by atoms with Crippen LogP contribution in [0.4, 0.5) is 18.0 Å². The first-order valence-electron chi connectivity index (χ1n) is 7.62. The van der Waals surface area contributed by atoms with Crippen molar-refractivity contribution in [2.45, 2.75) is 51.4 Å². The van der Waals surface area contributed by atoms with Crippen LogP contribution in [-0.4, -0.2) is 39.6 Å². The second-order valence-electron chi connectivity index (χ2n) is 5.43. The van der Waals surface area contributed by atoms with Crippen LogP contribution in [0, 0.1) is 0 Å². The van der Waals surface area contributed by atoms with Gasteiger partial charge in [0.1, 0.15) is 5.82 Å². The van der Waals surface area contributed by atoms with Gasteiger partial charge < -0.3 is 10.6 Å². The summed E-state index contributed by atoms with van der Waals surface area (Å²) in [5, 5.41) is 8.84. The normalized spacial score (nSPS) is 14.4. The van der Waals surface area contributed by atoms with Crippen LogP contribution in [0.1, 0.15) is 31.5 Å². The van der Waals surface area contributed by atoms with Crippen molar-refractivity contribution in [2.75, 3.05) is 13.1 Å². The van der Waals surface area contributed by atoms with Crippen LogP contribution in [0.15, 0.2) is 4.79 Å². The molecule has 130 valence electrons. The van der Waals surface area contributed by atoms with E-state index in [9.17, 15) is 22.8 Å². The monoisotopic (exact) mass is 335 g/mol. The molecule has 0 aliphatic carbocycles. The standard InChI is InChI=1S/C13H20F3N5O2/c14-13(15,16)5-7-18-11(22)17-6-3-9-21-12(23)20-8-2-1-4-10(20)19-21/h1-9H2,(H2,17,18,22). The molecule has 7 nitrogen and oxygen atoms in total. The molecule has 0 saturated heterocycles. The Morgan fingerprint density at radius 3 is 2.65 bits per heavy atom. The number of amides is 2. The molecule has 0 spiro atoms. The number of fused-ring (bicyclic) bond motifs is 1. The molecular weight excluding hydrogens is 315 g/mol. The third-order valence-corrected chi connectivity index (χ3v) is 3.56. The van der Waals surface area contributed by atoms with Crippen molar-refractivity contribution in [3.8, 4) is 0 Å². The lowest BCUT2D eigenvalue weighted by molar-refractivity contribution is -0.132. The predicted molar refractivity (Wildman–Crippen MR) is 76.1 cm³/mol. The molecular formula is C13H20F3N5O2. The number of carbonyl (C=O) groups excluding carboxylic acids is 1. The maximum atomic E-state index is 12.0. The second kappa shape index (κ2) is 7.51. The molecule has 1 aromatic rings. The van der Waals surface area contributed by atoms with E-state index in [0.717, 1.165) is 25.1 Å². The van der Waals surface area contributed by atoms with E-state index >= 15 is 0 Å². The molecule has 2 amide bonds. The molecule has 2 heterocycles. The van der Waals surface area contributed by atoms with Gasteiger partial charge in [-0.2, -0.15) is 18.3 Å². The van der Waals surface area contributed by atoms with Crippen LogP contribution in [0.3, 0.4) is 0 Å². The summed E-state index contributed by atoms with van der Waals surface area (Å²) in [6.45, 7) is 0.852. The number of urea groups is 1. The number of carbonyl (C=O) groups is 1. The minimum Gasteiger partial charge on any atom is -0.338 e. The average molecular weight is 335 g/mol. The van der Waals surface area contributed by atoms with E-state index in [1.165, 1.54) is 4.68 Å². The van der Waals surface area contributed by atoms with Crippen molar-refractivity contribution in [3.05, 3.63) is 16.3 Å². The molecule has 0 bridgehead atoms. The minimum absolute atomic E-state index is 0.144. The Hall–Kier alpha value is -2.00. The van der Waals surface area contributed by atoms with Gasteiger partial charge in [-0.15, -0.1) is 0 Å². The number of aromatic nitrogens is 3. The molecule has 0 aromatic carbocycles. The molecule has 2 N–H and O–H groups in total. The largest absolute Gasteiger partial charge is 0.390 e. The highest BCUT2D eigenvalue weighted by atomic mass is 19.4. The van der Waals surface area contributed by atoms with Gasteiger partial charge in [0.2, 0.25) is 0 Å². The first-order chi connectivity index (χ1) is 10.9. The van der Waals surface area contributed by atoms with Gasteiger partial charge in [0.25, 0.3) is 0 Å². The Bertz CT molecular complexity index is 593. The van der Waals surface area contributed by atoms with E-state index in [0.29, 0.717) is 19.5 Å². The summed E-state index contributed by atoms with van der Waals surface area (Å²) >= 11 is 0. The van der Waals surface area contributed by atoms with Gasteiger partial charge in [0.15, 0.2) is 0 Å². The Balaban J connectivity index is 1.67. The zero-order valence-corrected chi connectivity index (χ0v) is 12.7. The first kappa shape index (κ1) is 17.4. The Labute approximate surface area is 130 Å². The van der Waals surface area contributed by atoms with E-state index in [-0.39, 0.29) is 12.2 Å². The number of rotatable bonds is 6. The molecule has 0 saturated carbocycles. The summed E-state index contributed by atoms with van der Waals surface area (Å²) in [4.78, 5) is 23.3. The average Bonchev–Trinajstić information content (AvgIpc) is 2.79. The SMILES string of the molecule is O=C(NCCCn1nc2n(c1=O)CCCC2)NCCC(F)(F)F. The molecule has 0 radical (unpaired) electrons. The van der Waals surface area contributed by atoms with Gasteiger partial charge in [-0.1, -0.05) is 0 Å². The molecule has 1 aliphatic rings. The molecule has 10 heteroatoms. The molecule has 0 fully saturated rings. The fourth-order valence-electron chi connectivity index (χ4n) is 2.41. The van der Waals surface area contributed by atoms with E-state index in [1.807, 2.05) is 0 Å². The summed E-state index contributed by atoms with van der Waals surface area (Å²) < 4.78 is 38.8. The number of halogens is 3. The number of hydrogen-bond acceptors (Lipinski definition) is 3. The van der Waals surface area contributed by atoms with Crippen molar-refractivity contribution < 1.29 is 18.0 Å². The Kier molecular flexibility index (Phi) is 5.67.